The second-order valence-electron chi connectivity index (χ2n) is 14.1. The van der Waals surface area contributed by atoms with Gasteiger partial charge in [-0.15, -0.1) is 0 Å². The van der Waals surface area contributed by atoms with E-state index in [9.17, 15) is 0 Å². The minimum Gasteiger partial charge on any atom is -0.456 e. The predicted octanol–water partition coefficient (Wildman–Crippen LogP) is 14.3. The van der Waals surface area contributed by atoms with Crippen LogP contribution >= 0.6 is 0 Å². The second-order valence-corrected chi connectivity index (χ2v) is 14.1. The van der Waals surface area contributed by atoms with Crippen molar-refractivity contribution in [1.82, 2.24) is 9.97 Å². The Balaban J connectivity index is 1.03. The van der Waals surface area contributed by atoms with Gasteiger partial charge < -0.3 is 8.83 Å². The van der Waals surface area contributed by atoms with Crippen LogP contribution in [0.3, 0.4) is 0 Å². The smallest absolute Gasteiger partial charge is 0.160 e. The molecular formula is C52H32N2O2. The van der Waals surface area contributed by atoms with Gasteiger partial charge in [0.15, 0.2) is 5.82 Å². The zero-order chi connectivity index (χ0) is 37.0. The first kappa shape index (κ1) is 31.9. The van der Waals surface area contributed by atoms with Crippen LogP contribution < -0.4 is 0 Å². The molecule has 0 saturated heterocycles. The van der Waals surface area contributed by atoms with E-state index >= 15 is 0 Å². The fourth-order valence-corrected chi connectivity index (χ4v) is 8.02. The Kier molecular flexibility index (Phi) is 7.46. The van der Waals surface area contributed by atoms with E-state index in [2.05, 4.69) is 140 Å². The van der Waals surface area contributed by atoms with Crippen LogP contribution in [-0.2, 0) is 0 Å². The first-order valence-electron chi connectivity index (χ1n) is 18.8. The van der Waals surface area contributed by atoms with Crippen molar-refractivity contribution >= 4 is 43.9 Å². The Morgan fingerprint density at radius 2 is 0.804 bits per heavy atom. The topological polar surface area (TPSA) is 52.1 Å². The molecule has 11 rings (SSSR count). The lowest BCUT2D eigenvalue weighted by Crippen LogP contribution is -1.96. The summed E-state index contributed by atoms with van der Waals surface area (Å²) in [5.41, 5.74) is 14.9. The number of nitrogens with zero attached hydrogens (tertiary/aromatic N) is 2. The molecule has 0 unspecified atom stereocenters. The molecule has 56 heavy (non-hydrogen) atoms. The highest BCUT2D eigenvalue weighted by Gasteiger charge is 2.20. The summed E-state index contributed by atoms with van der Waals surface area (Å²) in [6, 6.07) is 67.2. The van der Waals surface area contributed by atoms with E-state index in [0.717, 1.165) is 94.2 Å². The first-order valence-corrected chi connectivity index (χ1v) is 18.8. The molecular weight excluding hydrogens is 685 g/mol. The summed E-state index contributed by atoms with van der Waals surface area (Å²) in [6.45, 7) is 0. The van der Waals surface area contributed by atoms with Gasteiger partial charge >= 0.3 is 0 Å². The molecule has 0 spiro atoms. The molecule has 0 aliphatic rings. The summed E-state index contributed by atoms with van der Waals surface area (Å²) in [6.07, 6.45) is 0. The average Bonchev–Trinajstić information content (AvgIpc) is 3.86. The molecule has 0 saturated carbocycles. The van der Waals surface area contributed by atoms with Crippen LogP contribution in [0.25, 0.3) is 111 Å². The highest BCUT2D eigenvalue weighted by atomic mass is 16.3. The Morgan fingerprint density at radius 1 is 0.304 bits per heavy atom. The van der Waals surface area contributed by atoms with Crippen molar-refractivity contribution in [2.24, 2.45) is 0 Å². The van der Waals surface area contributed by atoms with E-state index in [0.29, 0.717) is 5.82 Å². The van der Waals surface area contributed by atoms with Crippen LogP contribution in [0.2, 0.25) is 0 Å². The van der Waals surface area contributed by atoms with Crippen LogP contribution in [0.5, 0.6) is 0 Å². The number of hydrogen-bond acceptors (Lipinski definition) is 4. The summed E-state index contributed by atoms with van der Waals surface area (Å²) in [7, 11) is 0. The first-order chi connectivity index (χ1) is 27.7. The minimum absolute atomic E-state index is 0.692. The van der Waals surface area contributed by atoms with Crippen molar-refractivity contribution in [2.45, 2.75) is 0 Å². The number of para-hydroxylation sites is 2. The molecule has 0 fully saturated rings. The lowest BCUT2D eigenvalue weighted by atomic mass is 9.92. The van der Waals surface area contributed by atoms with Crippen molar-refractivity contribution in [1.29, 1.82) is 0 Å². The summed E-state index contributed by atoms with van der Waals surface area (Å²) >= 11 is 0. The van der Waals surface area contributed by atoms with E-state index in [1.807, 2.05) is 54.6 Å². The maximum absolute atomic E-state index is 6.73. The molecule has 4 heteroatoms. The van der Waals surface area contributed by atoms with Crippen LogP contribution in [0.1, 0.15) is 0 Å². The summed E-state index contributed by atoms with van der Waals surface area (Å²) in [4.78, 5) is 10.2. The van der Waals surface area contributed by atoms with Crippen molar-refractivity contribution in [2.75, 3.05) is 0 Å². The SMILES string of the molecule is c1ccc(-c2ccc(-c3cc(-c4ccc(-c5ccc(-c6cccc7oc8ccccc8c67)c6oc7ccccc7c56)cc4)nc(-c4ccccc4)n3)cc2)cc1. The molecule has 0 atom stereocenters. The maximum Gasteiger partial charge on any atom is 0.160 e. The molecule has 8 aromatic carbocycles. The Labute approximate surface area is 323 Å². The Morgan fingerprint density at radius 3 is 1.48 bits per heavy atom. The average molecular weight is 717 g/mol. The van der Waals surface area contributed by atoms with Gasteiger partial charge in [0.05, 0.1) is 11.4 Å². The molecule has 4 nitrogen and oxygen atoms in total. The third-order valence-electron chi connectivity index (χ3n) is 10.8. The third-order valence-corrected chi connectivity index (χ3v) is 10.8. The lowest BCUT2D eigenvalue weighted by Gasteiger charge is -2.12. The van der Waals surface area contributed by atoms with Gasteiger partial charge in [-0.3, -0.25) is 0 Å². The van der Waals surface area contributed by atoms with E-state index in [1.165, 1.54) is 11.1 Å². The number of rotatable bonds is 6. The van der Waals surface area contributed by atoms with Crippen LogP contribution in [-0.4, -0.2) is 9.97 Å². The third kappa shape index (κ3) is 5.39. The monoisotopic (exact) mass is 716 g/mol. The Hall–Kier alpha value is -7.56. The number of fused-ring (bicyclic) bond motifs is 6. The highest BCUT2D eigenvalue weighted by molar-refractivity contribution is 6.20. The summed E-state index contributed by atoms with van der Waals surface area (Å²) in [5, 5.41) is 4.35. The molecule has 3 heterocycles. The van der Waals surface area contributed by atoms with Gasteiger partial charge in [0.25, 0.3) is 0 Å². The molecule has 0 aliphatic carbocycles. The fourth-order valence-electron chi connectivity index (χ4n) is 8.02. The van der Waals surface area contributed by atoms with Crippen molar-refractivity contribution in [3.05, 3.63) is 194 Å². The number of benzene rings is 8. The van der Waals surface area contributed by atoms with Gasteiger partial charge in [-0.1, -0.05) is 164 Å². The lowest BCUT2D eigenvalue weighted by molar-refractivity contribution is 0.668. The largest absolute Gasteiger partial charge is 0.456 e. The predicted molar refractivity (Wildman–Crippen MR) is 229 cm³/mol. The quantitative estimate of drug-likeness (QED) is 0.172. The standard InChI is InChI=1S/C52H32N2O2/c1-3-12-33(13-4-1)34-22-26-36(27-23-34)44-32-45(54-52(53-44)38-14-5-2-6-15-38)37-28-24-35(25-29-37)39-30-31-41(51-50(39)43-17-8-10-20-47(43)56-51)40-18-11-21-48-49(40)42-16-7-9-19-46(42)55-48/h1-32H. The fraction of sp³-hybridized carbons (Fsp3) is 0. The number of aromatic nitrogens is 2. The summed E-state index contributed by atoms with van der Waals surface area (Å²) < 4.78 is 13.0. The summed E-state index contributed by atoms with van der Waals surface area (Å²) in [5.74, 6) is 0.692. The van der Waals surface area contributed by atoms with Crippen molar-refractivity contribution in [3.63, 3.8) is 0 Å². The highest BCUT2D eigenvalue weighted by Crippen LogP contribution is 2.45. The van der Waals surface area contributed by atoms with Crippen molar-refractivity contribution in [3.8, 4) is 67.3 Å². The molecule has 262 valence electrons. The van der Waals surface area contributed by atoms with Gasteiger partial charge in [0.2, 0.25) is 0 Å². The molecule has 0 bridgehead atoms. The van der Waals surface area contributed by atoms with E-state index in [1.54, 1.807) is 0 Å². The van der Waals surface area contributed by atoms with E-state index in [4.69, 9.17) is 18.8 Å². The molecule has 0 radical (unpaired) electrons. The number of hydrogen-bond donors (Lipinski definition) is 0. The maximum atomic E-state index is 6.73. The molecule has 0 amide bonds. The van der Waals surface area contributed by atoms with Gasteiger partial charge in [-0.25, -0.2) is 9.97 Å². The number of furan rings is 2. The zero-order valence-corrected chi connectivity index (χ0v) is 30.2. The van der Waals surface area contributed by atoms with Gasteiger partial charge in [-0.05, 0) is 58.1 Å². The van der Waals surface area contributed by atoms with Gasteiger partial charge in [0.1, 0.15) is 22.3 Å². The van der Waals surface area contributed by atoms with Crippen LogP contribution in [0.15, 0.2) is 203 Å². The molecule has 0 aliphatic heterocycles. The molecule has 3 aromatic heterocycles. The van der Waals surface area contributed by atoms with Crippen molar-refractivity contribution < 1.29 is 8.83 Å². The van der Waals surface area contributed by atoms with Gasteiger partial charge in [0, 0.05) is 43.8 Å². The minimum atomic E-state index is 0.692. The zero-order valence-electron chi connectivity index (χ0n) is 30.2. The van der Waals surface area contributed by atoms with E-state index in [-0.39, 0.29) is 0 Å². The van der Waals surface area contributed by atoms with E-state index < -0.39 is 0 Å². The molecule has 11 aromatic rings. The van der Waals surface area contributed by atoms with Gasteiger partial charge in [-0.2, -0.15) is 0 Å². The normalized spacial score (nSPS) is 11.6. The second kappa shape index (κ2) is 13.1. The molecule has 0 N–H and O–H groups in total. The van der Waals surface area contributed by atoms with Crippen LogP contribution in [0.4, 0.5) is 0 Å². The Bertz CT molecular complexity index is 3220. The van der Waals surface area contributed by atoms with Crippen LogP contribution in [0, 0.1) is 0 Å².